The third-order valence-electron chi connectivity index (χ3n) is 4.20. The SMILES string of the molecule is COC(=O)OCOP(COCCn1cnc2c(=O)[nH]c(N)nc21)OCc1ccc(C)cc1. The van der Waals surface area contributed by atoms with Crippen LogP contribution in [0.4, 0.5) is 10.7 Å². The van der Waals surface area contributed by atoms with Gasteiger partial charge < -0.3 is 29.0 Å². The summed E-state index contributed by atoms with van der Waals surface area (Å²) < 4.78 is 27.8. The van der Waals surface area contributed by atoms with Crippen LogP contribution in [0.15, 0.2) is 35.4 Å². The molecule has 12 nitrogen and oxygen atoms in total. The number of aryl methyl sites for hydroxylation is 1. The summed E-state index contributed by atoms with van der Waals surface area (Å²) in [6, 6.07) is 7.89. The van der Waals surface area contributed by atoms with Gasteiger partial charge in [0, 0.05) is 6.54 Å². The second-order valence-corrected chi connectivity index (χ2v) is 7.98. The molecule has 2 aromatic heterocycles. The van der Waals surface area contributed by atoms with Crippen molar-refractivity contribution in [2.75, 3.05) is 32.6 Å². The number of nitrogens with one attached hydrogen (secondary N) is 1. The van der Waals surface area contributed by atoms with E-state index in [2.05, 4.69) is 19.7 Å². The standard InChI is InChI=1S/C19H24N5O7P/c1-13-3-5-14(6-4-13)9-30-32(31-11-29-19(26)27-2)12-28-8-7-24-10-21-15-16(24)22-18(20)23-17(15)25/h3-6,10H,7-9,11-12H2,1-2H3,(H3,20,22,23,25). The van der Waals surface area contributed by atoms with Crippen molar-refractivity contribution >= 4 is 31.6 Å². The molecule has 0 radical (unpaired) electrons. The first-order valence-corrected chi connectivity index (χ1v) is 10.9. The Morgan fingerprint density at radius 2 is 2.03 bits per heavy atom. The molecule has 0 aliphatic carbocycles. The molecule has 13 heteroatoms. The Hall–Kier alpha value is -3.05. The lowest BCUT2D eigenvalue weighted by molar-refractivity contribution is 0.0100. The van der Waals surface area contributed by atoms with Gasteiger partial charge in [-0.05, 0) is 12.5 Å². The minimum atomic E-state index is -1.51. The topological polar surface area (TPSA) is 153 Å². The molecule has 3 rings (SSSR count). The maximum absolute atomic E-state index is 11.9. The Bertz CT molecular complexity index is 1090. The van der Waals surface area contributed by atoms with Crippen molar-refractivity contribution in [3.63, 3.8) is 0 Å². The molecular weight excluding hydrogens is 441 g/mol. The lowest BCUT2D eigenvalue weighted by atomic mass is 10.2. The molecule has 2 heterocycles. The van der Waals surface area contributed by atoms with Gasteiger partial charge in [-0.3, -0.25) is 14.3 Å². The molecule has 0 bridgehead atoms. The summed E-state index contributed by atoms with van der Waals surface area (Å²) >= 11 is 0. The van der Waals surface area contributed by atoms with Crippen LogP contribution < -0.4 is 11.3 Å². The normalized spacial score (nSPS) is 12.1. The number of fused-ring (bicyclic) bond motifs is 1. The third kappa shape index (κ3) is 6.72. The average molecular weight is 465 g/mol. The quantitative estimate of drug-likeness (QED) is 0.187. The Labute approximate surface area is 184 Å². The van der Waals surface area contributed by atoms with Crippen molar-refractivity contribution in [1.29, 1.82) is 0 Å². The number of nitrogens with zero attached hydrogens (tertiary/aromatic N) is 3. The van der Waals surface area contributed by atoms with Crippen LogP contribution in [0.25, 0.3) is 11.2 Å². The van der Waals surface area contributed by atoms with Gasteiger partial charge in [0.1, 0.15) is 6.35 Å². The van der Waals surface area contributed by atoms with Gasteiger partial charge in [-0.1, -0.05) is 29.8 Å². The van der Waals surface area contributed by atoms with Gasteiger partial charge in [0.15, 0.2) is 11.2 Å². The molecule has 1 atom stereocenters. The van der Waals surface area contributed by atoms with Crippen molar-refractivity contribution in [2.24, 2.45) is 0 Å². The highest BCUT2D eigenvalue weighted by Gasteiger charge is 2.14. The number of carbonyl (C=O) groups excluding carboxylic acids is 1. The van der Waals surface area contributed by atoms with Crippen LogP contribution >= 0.6 is 8.38 Å². The van der Waals surface area contributed by atoms with E-state index in [-0.39, 0.29) is 31.2 Å². The summed E-state index contributed by atoms with van der Waals surface area (Å²) in [7, 11) is -0.305. The number of H-pyrrole nitrogens is 1. The number of methoxy groups -OCH3 is 1. The Morgan fingerprint density at radius 1 is 1.25 bits per heavy atom. The molecule has 0 saturated carbocycles. The number of benzene rings is 1. The van der Waals surface area contributed by atoms with Crippen molar-refractivity contribution in [3.05, 3.63) is 52.1 Å². The number of aromatic nitrogens is 4. The molecule has 172 valence electrons. The predicted molar refractivity (Wildman–Crippen MR) is 116 cm³/mol. The van der Waals surface area contributed by atoms with E-state index in [4.69, 9.17) is 24.3 Å². The van der Waals surface area contributed by atoms with Crippen LogP contribution in [0.1, 0.15) is 11.1 Å². The number of imidazole rings is 1. The van der Waals surface area contributed by atoms with Gasteiger partial charge in [0.2, 0.25) is 21.1 Å². The van der Waals surface area contributed by atoms with Crippen LogP contribution in [-0.4, -0.2) is 52.5 Å². The summed E-state index contributed by atoms with van der Waals surface area (Å²) in [4.78, 5) is 33.5. The molecule has 0 spiro atoms. The zero-order chi connectivity index (χ0) is 22.9. The zero-order valence-electron chi connectivity index (χ0n) is 17.6. The van der Waals surface area contributed by atoms with Crippen molar-refractivity contribution in [3.8, 4) is 0 Å². The first-order chi connectivity index (χ1) is 15.5. The van der Waals surface area contributed by atoms with Gasteiger partial charge in [0.25, 0.3) is 5.56 Å². The fourth-order valence-electron chi connectivity index (χ4n) is 2.57. The molecule has 3 aromatic rings. The molecule has 0 aliphatic rings. The number of anilines is 1. The smallest absolute Gasteiger partial charge is 0.438 e. The number of hydrogen-bond donors (Lipinski definition) is 2. The fraction of sp³-hybridized carbons (Fsp3) is 0.368. The summed E-state index contributed by atoms with van der Waals surface area (Å²) in [5, 5.41) is 0. The van der Waals surface area contributed by atoms with Gasteiger partial charge >= 0.3 is 6.16 Å². The molecule has 3 N–H and O–H groups in total. The summed E-state index contributed by atoms with van der Waals surface area (Å²) in [6.07, 6.45) is 0.773. The second kappa shape index (κ2) is 11.5. The maximum atomic E-state index is 11.9. The molecule has 0 saturated heterocycles. The van der Waals surface area contributed by atoms with Gasteiger partial charge in [-0.2, -0.15) is 4.98 Å². The highest BCUT2D eigenvalue weighted by atomic mass is 31.2. The van der Waals surface area contributed by atoms with Crippen LogP contribution in [0.3, 0.4) is 0 Å². The zero-order valence-corrected chi connectivity index (χ0v) is 18.5. The number of nitrogens with two attached hydrogens (primary N) is 1. The molecule has 0 aliphatic heterocycles. The number of nitrogen functional groups attached to an aromatic ring is 1. The lowest BCUT2D eigenvalue weighted by Gasteiger charge is -2.17. The molecule has 0 amide bonds. The minimum absolute atomic E-state index is 0.0113. The van der Waals surface area contributed by atoms with E-state index < -0.39 is 20.1 Å². The molecule has 0 fully saturated rings. The van der Waals surface area contributed by atoms with Crippen LogP contribution in [0.5, 0.6) is 0 Å². The minimum Gasteiger partial charge on any atom is -0.438 e. The summed E-state index contributed by atoms with van der Waals surface area (Å²) in [5.74, 6) is 0.0113. The van der Waals surface area contributed by atoms with Crippen molar-refractivity contribution in [1.82, 2.24) is 19.5 Å². The molecule has 1 aromatic carbocycles. The first-order valence-electron chi connectivity index (χ1n) is 9.54. The van der Waals surface area contributed by atoms with E-state index in [1.807, 2.05) is 31.2 Å². The number of aromatic amines is 1. The van der Waals surface area contributed by atoms with Crippen LogP contribution in [-0.2, 0) is 36.4 Å². The van der Waals surface area contributed by atoms with E-state index >= 15 is 0 Å². The van der Waals surface area contributed by atoms with E-state index in [0.717, 1.165) is 11.1 Å². The number of carbonyl (C=O) groups is 1. The molecular formula is C19H24N5O7P. The largest absolute Gasteiger partial charge is 0.510 e. The highest BCUT2D eigenvalue weighted by molar-refractivity contribution is 7.46. The molecule has 32 heavy (non-hydrogen) atoms. The Balaban J connectivity index is 1.52. The van der Waals surface area contributed by atoms with Gasteiger partial charge in [-0.25, -0.2) is 9.78 Å². The van der Waals surface area contributed by atoms with Gasteiger partial charge in [0.05, 0.1) is 26.7 Å². The van der Waals surface area contributed by atoms with E-state index in [9.17, 15) is 9.59 Å². The number of rotatable bonds is 11. The lowest BCUT2D eigenvalue weighted by Crippen LogP contribution is -2.13. The van der Waals surface area contributed by atoms with E-state index in [0.29, 0.717) is 18.8 Å². The summed E-state index contributed by atoms with van der Waals surface area (Å²) in [6.45, 7) is 2.64. The average Bonchev–Trinajstić information content (AvgIpc) is 3.18. The van der Waals surface area contributed by atoms with E-state index in [1.165, 1.54) is 13.4 Å². The fourth-order valence-corrected chi connectivity index (χ4v) is 3.54. The van der Waals surface area contributed by atoms with Crippen LogP contribution in [0, 0.1) is 6.92 Å². The Kier molecular flexibility index (Phi) is 8.51. The number of ether oxygens (including phenoxy) is 3. The monoisotopic (exact) mass is 465 g/mol. The van der Waals surface area contributed by atoms with Crippen LogP contribution in [0.2, 0.25) is 0 Å². The third-order valence-corrected chi connectivity index (χ3v) is 5.41. The first kappa shape index (κ1) is 23.6. The number of hydrogen-bond acceptors (Lipinski definition) is 10. The van der Waals surface area contributed by atoms with Crippen molar-refractivity contribution < 1.29 is 28.1 Å². The molecule has 1 unspecified atom stereocenters. The predicted octanol–water partition coefficient (Wildman–Crippen LogP) is 2.27. The van der Waals surface area contributed by atoms with E-state index in [1.54, 1.807) is 4.57 Å². The van der Waals surface area contributed by atoms with Crippen molar-refractivity contribution in [2.45, 2.75) is 20.1 Å². The van der Waals surface area contributed by atoms with Gasteiger partial charge in [-0.15, -0.1) is 0 Å². The highest BCUT2D eigenvalue weighted by Crippen LogP contribution is 2.39. The second-order valence-electron chi connectivity index (χ2n) is 6.54. The Morgan fingerprint density at radius 3 is 2.78 bits per heavy atom. The summed E-state index contributed by atoms with van der Waals surface area (Å²) in [5.41, 5.74) is 7.89. The maximum Gasteiger partial charge on any atom is 0.510 e.